The summed E-state index contributed by atoms with van der Waals surface area (Å²) < 4.78 is 27.1. The molecule has 0 spiro atoms. The van der Waals surface area contributed by atoms with Gasteiger partial charge in [-0.3, -0.25) is 4.79 Å². The van der Waals surface area contributed by atoms with E-state index in [0.29, 0.717) is 23.8 Å². The molecule has 1 N–H and O–H groups in total. The van der Waals surface area contributed by atoms with E-state index in [1.165, 1.54) is 10.4 Å². The number of carbonyl (C=O) groups excluding carboxylic acids is 1. The molecule has 24 heavy (non-hydrogen) atoms. The number of rotatable bonds is 4. The predicted molar refractivity (Wildman–Crippen MR) is 96.3 cm³/mol. The first-order chi connectivity index (χ1) is 11.5. The number of hydrogen-bond acceptors (Lipinski definition) is 4. The van der Waals surface area contributed by atoms with E-state index in [9.17, 15) is 13.2 Å². The minimum Gasteiger partial charge on any atom is -0.321 e. The highest BCUT2D eigenvalue weighted by molar-refractivity contribution is 7.89. The first kappa shape index (κ1) is 17.4. The molecule has 0 aliphatic carbocycles. The fourth-order valence-corrected chi connectivity index (χ4v) is 5.67. The summed E-state index contributed by atoms with van der Waals surface area (Å²) in [7, 11) is -3.64. The molecule has 0 atom stereocenters. The monoisotopic (exact) mass is 384 g/mol. The first-order valence-electron chi connectivity index (χ1n) is 7.63. The Morgan fingerprint density at radius 2 is 1.92 bits per heavy atom. The zero-order valence-corrected chi connectivity index (χ0v) is 15.3. The van der Waals surface area contributed by atoms with Crippen molar-refractivity contribution in [2.24, 2.45) is 0 Å². The zero-order chi connectivity index (χ0) is 17.2. The number of nitrogens with one attached hydrogen (secondary N) is 1. The van der Waals surface area contributed by atoms with Crippen LogP contribution in [0.5, 0.6) is 0 Å². The molecule has 5 nitrogen and oxygen atoms in total. The van der Waals surface area contributed by atoms with Gasteiger partial charge in [-0.15, -0.1) is 11.3 Å². The lowest BCUT2D eigenvalue weighted by molar-refractivity contribution is 0.102. The number of hydrogen-bond donors (Lipinski definition) is 1. The van der Waals surface area contributed by atoms with Crippen LogP contribution < -0.4 is 5.32 Å². The molecule has 8 heteroatoms. The molecule has 0 unspecified atom stereocenters. The van der Waals surface area contributed by atoms with Crippen molar-refractivity contribution in [3.63, 3.8) is 0 Å². The number of carbonyl (C=O) groups is 1. The summed E-state index contributed by atoms with van der Waals surface area (Å²) in [5, 5.41) is 4.83. The molecule has 1 fully saturated rings. The van der Waals surface area contributed by atoms with Crippen LogP contribution in [0.2, 0.25) is 5.02 Å². The van der Waals surface area contributed by atoms with Gasteiger partial charge in [0.25, 0.3) is 5.91 Å². The summed E-state index contributed by atoms with van der Waals surface area (Å²) in [4.78, 5) is 12.8. The number of nitrogens with zero attached hydrogens (tertiary/aromatic N) is 1. The fraction of sp³-hybridized carbons (Fsp3) is 0.312. The van der Waals surface area contributed by atoms with Crippen LogP contribution in [-0.4, -0.2) is 31.7 Å². The smallest absolute Gasteiger partial charge is 0.267 e. The molecule has 1 aromatic heterocycles. The lowest BCUT2D eigenvalue weighted by Crippen LogP contribution is -2.36. The lowest BCUT2D eigenvalue weighted by Gasteiger charge is -2.25. The second-order valence-electron chi connectivity index (χ2n) is 5.54. The third-order valence-corrected chi connectivity index (χ3v) is 7.07. The summed E-state index contributed by atoms with van der Waals surface area (Å²) in [6.07, 6.45) is 2.75. The van der Waals surface area contributed by atoms with Gasteiger partial charge in [-0.2, -0.15) is 4.31 Å². The molecule has 0 bridgehead atoms. The van der Waals surface area contributed by atoms with E-state index >= 15 is 0 Å². The van der Waals surface area contributed by atoms with Gasteiger partial charge in [-0.05, 0) is 42.5 Å². The highest BCUT2D eigenvalue weighted by atomic mass is 35.5. The quantitative estimate of drug-likeness (QED) is 0.871. The van der Waals surface area contributed by atoms with E-state index in [2.05, 4.69) is 5.32 Å². The molecule has 0 radical (unpaired) electrons. The van der Waals surface area contributed by atoms with Crippen LogP contribution in [0.3, 0.4) is 0 Å². The normalized spacial score (nSPS) is 16.0. The summed E-state index contributed by atoms with van der Waals surface area (Å²) in [5.41, 5.74) is 0.530. The molecular formula is C16H17ClN2O3S2. The molecule has 3 rings (SSSR count). The van der Waals surface area contributed by atoms with E-state index in [1.54, 1.807) is 29.6 Å². The first-order valence-corrected chi connectivity index (χ1v) is 10.3. The number of amides is 1. The van der Waals surface area contributed by atoms with Crippen molar-refractivity contribution in [1.82, 2.24) is 4.31 Å². The van der Waals surface area contributed by atoms with Crippen molar-refractivity contribution >= 4 is 44.6 Å². The number of anilines is 1. The van der Waals surface area contributed by atoms with Crippen LogP contribution in [0, 0.1) is 0 Å². The maximum atomic E-state index is 12.8. The average molecular weight is 385 g/mol. The number of sulfonamides is 1. The van der Waals surface area contributed by atoms with Crippen LogP contribution in [0.15, 0.2) is 40.6 Å². The molecule has 128 valence electrons. The lowest BCUT2D eigenvalue weighted by atomic mass is 10.2. The molecule has 1 aliphatic heterocycles. The average Bonchev–Trinajstić information content (AvgIpc) is 3.06. The van der Waals surface area contributed by atoms with Crippen LogP contribution in [0.25, 0.3) is 0 Å². The second-order valence-corrected chi connectivity index (χ2v) is 8.80. The standard InChI is InChI=1S/C16H17ClN2O3S2/c17-12-5-4-6-13(11-12)18-16(20)15-14(7-10-23-15)24(21,22)19-8-2-1-3-9-19/h4-7,10-11H,1-3,8-9H2,(H,18,20). The Hall–Kier alpha value is -1.41. The number of piperidine rings is 1. The largest absolute Gasteiger partial charge is 0.321 e. The van der Waals surface area contributed by atoms with E-state index in [0.717, 1.165) is 30.6 Å². The Morgan fingerprint density at radius 1 is 1.17 bits per heavy atom. The van der Waals surface area contributed by atoms with Crippen molar-refractivity contribution in [1.29, 1.82) is 0 Å². The van der Waals surface area contributed by atoms with Gasteiger partial charge in [0, 0.05) is 23.8 Å². The third-order valence-electron chi connectivity index (χ3n) is 3.85. The molecule has 1 amide bonds. The predicted octanol–water partition coefficient (Wildman–Crippen LogP) is 3.83. The third kappa shape index (κ3) is 3.64. The molecule has 1 saturated heterocycles. The van der Waals surface area contributed by atoms with Gasteiger partial charge >= 0.3 is 0 Å². The van der Waals surface area contributed by atoms with Crippen LogP contribution in [-0.2, 0) is 10.0 Å². The topological polar surface area (TPSA) is 66.5 Å². The summed E-state index contributed by atoms with van der Waals surface area (Å²) in [6.45, 7) is 1.01. The maximum Gasteiger partial charge on any atom is 0.267 e. The molecule has 1 aliphatic rings. The van der Waals surface area contributed by atoms with Gasteiger partial charge in [-0.25, -0.2) is 8.42 Å². The Balaban J connectivity index is 1.85. The highest BCUT2D eigenvalue weighted by Crippen LogP contribution is 2.28. The summed E-state index contributed by atoms with van der Waals surface area (Å²) in [5.74, 6) is -0.442. The van der Waals surface area contributed by atoms with Crippen molar-refractivity contribution in [2.75, 3.05) is 18.4 Å². The van der Waals surface area contributed by atoms with Crippen molar-refractivity contribution in [2.45, 2.75) is 24.2 Å². The van der Waals surface area contributed by atoms with Gasteiger partial charge < -0.3 is 5.32 Å². The molecular weight excluding hydrogens is 368 g/mol. The fourth-order valence-electron chi connectivity index (χ4n) is 2.66. The molecule has 1 aromatic carbocycles. The Kier molecular flexibility index (Phi) is 5.24. The van der Waals surface area contributed by atoms with Gasteiger partial charge in [0.05, 0.1) is 0 Å². The SMILES string of the molecule is O=C(Nc1cccc(Cl)c1)c1sccc1S(=O)(=O)N1CCCCC1. The van der Waals surface area contributed by atoms with Crippen molar-refractivity contribution in [3.8, 4) is 0 Å². The Bertz CT molecular complexity index is 843. The minimum atomic E-state index is -3.64. The van der Waals surface area contributed by atoms with Crippen LogP contribution in [0.4, 0.5) is 5.69 Å². The molecule has 2 aromatic rings. The summed E-state index contributed by atoms with van der Waals surface area (Å²) in [6, 6.07) is 8.25. The van der Waals surface area contributed by atoms with Crippen molar-refractivity contribution in [3.05, 3.63) is 45.6 Å². The summed E-state index contributed by atoms with van der Waals surface area (Å²) >= 11 is 7.03. The van der Waals surface area contributed by atoms with Crippen molar-refractivity contribution < 1.29 is 13.2 Å². The minimum absolute atomic E-state index is 0.0777. The molecule has 0 saturated carbocycles. The van der Waals surface area contributed by atoms with Crippen LogP contribution in [0.1, 0.15) is 28.9 Å². The number of halogens is 1. The Morgan fingerprint density at radius 3 is 2.62 bits per heavy atom. The van der Waals surface area contributed by atoms with Gasteiger partial charge in [0.2, 0.25) is 10.0 Å². The van der Waals surface area contributed by atoms with Gasteiger partial charge in [0.1, 0.15) is 9.77 Å². The van der Waals surface area contributed by atoms with E-state index in [4.69, 9.17) is 11.6 Å². The second kappa shape index (κ2) is 7.23. The number of benzene rings is 1. The van der Waals surface area contributed by atoms with E-state index in [-0.39, 0.29) is 9.77 Å². The zero-order valence-electron chi connectivity index (χ0n) is 12.9. The van der Waals surface area contributed by atoms with E-state index < -0.39 is 15.9 Å². The maximum absolute atomic E-state index is 12.8. The Labute approximate surface area is 150 Å². The van der Waals surface area contributed by atoms with Crippen LogP contribution >= 0.6 is 22.9 Å². The highest BCUT2D eigenvalue weighted by Gasteiger charge is 2.30. The van der Waals surface area contributed by atoms with Gasteiger partial charge in [-0.1, -0.05) is 24.1 Å². The number of thiophene rings is 1. The molecule has 2 heterocycles. The van der Waals surface area contributed by atoms with E-state index in [1.807, 2.05) is 0 Å². The van der Waals surface area contributed by atoms with Gasteiger partial charge in [0.15, 0.2) is 0 Å².